The van der Waals surface area contributed by atoms with Gasteiger partial charge in [-0.2, -0.15) is 5.26 Å². The van der Waals surface area contributed by atoms with Gasteiger partial charge in [0.05, 0.1) is 6.07 Å². The third-order valence-corrected chi connectivity index (χ3v) is 1.64. The highest BCUT2D eigenvalue weighted by atomic mass is 14.6. The Morgan fingerprint density at radius 3 is 2.70 bits per heavy atom. The first-order valence-electron chi connectivity index (χ1n) is 3.93. The van der Waals surface area contributed by atoms with Crippen LogP contribution in [0.3, 0.4) is 0 Å². The lowest BCUT2D eigenvalue weighted by Gasteiger charge is -2.05. The molecule has 0 fully saturated rings. The lowest BCUT2D eigenvalue weighted by Crippen LogP contribution is -2.17. The average molecular weight is 140 g/mol. The van der Waals surface area contributed by atoms with Crippen LogP contribution in [0, 0.1) is 11.3 Å². The second-order valence-electron chi connectivity index (χ2n) is 2.57. The molecular formula is C8H16N2. The van der Waals surface area contributed by atoms with Crippen molar-refractivity contribution < 1.29 is 0 Å². The lowest BCUT2D eigenvalue weighted by molar-refractivity contribution is 0.554. The Morgan fingerprint density at radius 2 is 2.20 bits per heavy atom. The van der Waals surface area contributed by atoms with E-state index in [1.165, 1.54) is 0 Å². The van der Waals surface area contributed by atoms with E-state index in [4.69, 9.17) is 11.0 Å². The van der Waals surface area contributed by atoms with Gasteiger partial charge in [0, 0.05) is 12.5 Å². The first-order chi connectivity index (χ1) is 4.81. The molecule has 1 atom stereocenters. The third kappa shape index (κ3) is 5.58. The molecule has 10 heavy (non-hydrogen) atoms. The van der Waals surface area contributed by atoms with E-state index in [0.29, 0.717) is 12.5 Å². The van der Waals surface area contributed by atoms with E-state index in [0.717, 1.165) is 25.7 Å². The summed E-state index contributed by atoms with van der Waals surface area (Å²) in [6.07, 6.45) is 4.90. The number of unbranched alkanes of at least 4 members (excludes halogenated alkanes) is 2. The van der Waals surface area contributed by atoms with Gasteiger partial charge in [0.25, 0.3) is 0 Å². The summed E-state index contributed by atoms with van der Waals surface area (Å²) >= 11 is 0. The SMILES string of the molecule is CCC(N)CCCCC#N. The van der Waals surface area contributed by atoms with Crippen molar-refractivity contribution in [2.75, 3.05) is 0 Å². The van der Waals surface area contributed by atoms with Gasteiger partial charge in [-0.3, -0.25) is 0 Å². The quantitative estimate of drug-likeness (QED) is 0.592. The number of rotatable bonds is 5. The Morgan fingerprint density at radius 1 is 1.50 bits per heavy atom. The van der Waals surface area contributed by atoms with Crippen molar-refractivity contribution in [3.8, 4) is 6.07 Å². The molecule has 2 N–H and O–H groups in total. The Bertz CT molecular complexity index is 104. The van der Waals surface area contributed by atoms with Crippen LogP contribution in [0.15, 0.2) is 0 Å². The van der Waals surface area contributed by atoms with Crippen LogP contribution in [0.5, 0.6) is 0 Å². The highest BCUT2D eigenvalue weighted by Crippen LogP contribution is 2.03. The highest BCUT2D eigenvalue weighted by Gasteiger charge is 1.96. The second kappa shape index (κ2) is 6.57. The summed E-state index contributed by atoms with van der Waals surface area (Å²) < 4.78 is 0. The van der Waals surface area contributed by atoms with E-state index >= 15 is 0 Å². The fraction of sp³-hybridized carbons (Fsp3) is 0.875. The zero-order valence-electron chi connectivity index (χ0n) is 6.64. The Labute approximate surface area is 63.0 Å². The number of nitrogens with two attached hydrogens (primary N) is 1. The first-order valence-corrected chi connectivity index (χ1v) is 3.93. The smallest absolute Gasteiger partial charge is 0.0621 e. The molecule has 0 radical (unpaired) electrons. The van der Waals surface area contributed by atoms with Crippen molar-refractivity contribution in [2.45, 2.75) is 45.1 Å². The summed E-state index contributed by atoms with van der Waals surface area (Å²) in [7, 11) is 0. The topological polar surface area (TPSA) is 49.8 Å². The fourth-order valence-corrected chi connectivity index (χ4v) is 0.815. The molecule has 0 aliphatic rings. The lowest BCUT2D eigenvalue weighted by atomic mass is 10.1. The van der Waals surface area contributed by atoms with Crippen molar-refractivity contribution in [3.63, 3.8) is 0 Å². The van der Waals surface area contributed by atoms with E-state index in [-0.39, 0.29) is 0 Å². The number of hydrogen-bond acceptors (Lipinski definition) is 2. The summed E-state index contributed by atoms with van der Waals surface area (Å²) in [6, 6.07) is 2.46. The first kappa shape index (κ1) is 9.45. The summed E-state index contributed by atoms with van der Waals surface area (Å²) in [5, 5.41) is 8.21. The minimum atomic E-state index is 0.346. The van der Waals surface area contributed by atoms with Gasteiger partial charge in [-0.1, -0.05) is 13.3 Å². The molecule has 2 nitrogen and oxygen atoms in total. The van der Waals surface area contributed by atoms with Crippen molar-refractivity contribution in [2.24, 2.45) is 5.73 Å². The maximum absolute atomic E-state index is 8.21. The molecule has 1 unspecified atom stereocenters. The normalized spacial score (nSPS) is 12.5. The zero-order chi connectivity index (χ0) is 7.82. The van der Waals surface area contributed by atoms with Crippen LogP contribution in [-0.4, -0.2) is 6.04 Å². The predicted octanol–water partition coefficient (Wildman–Crippen LogP) is 1.81. The van der Waals surface area contributed by atoms with Crippen LogP contribution >= 0.6 is 0 Å². The van der Waals surface area contributed by atoms with Gasteiger partial charge >= 0.3 is 0 Å². The molecule has 0 rings (SSSR count). The van der Waals surface area contributed by atoms with E-state index < -0.39 is 0 Å². The Hall–Kier alpha value is -0.550. The maximum atomic E-state index is 8.21. The van der Waals surface area contributed by atoms with E-state index in [2.05, 4.69) is 13.0 Å². The average Bonchev–Trinajstić information content (AvgIpc) is 1.98. The fourth-order valence-electron chi connectivity index (χ4n) is 0.815. The van der Waals surface area contributed by atoms with Gasteiger partial charge in [-0.05, 0) is 19.3 Å². The highest BCUT2D eigenvalue weighted by molar-refractivity contribution is 4.69. The maximum Gasteiger partial charge on any atom is 0.0621 e. The van der Waals surface area contributed by atoms with Crippen molar-refractivity contribution in [1.29, 1.82) is 5.26 Å². The van der Waals surface area contributed by atoms with Crippen LogP contribution in [0.25, 0.3) is 0 Å². The van der Waals surface area contributed by atoms with Gasteiger partial charge in [0.1, 0.15) is 0 Å². The molecule has 2 heteroatoms. The van der Waals surface area contributed by atoms with E-state index in [1.807, 2.05) is 0 Å². The van der Waals surface area contributed by atoms with Crippen LogP contribution < -0.4 is 5.73 Å². The monoisotopic (exact) mass is 140 g/mol. The summed E-state index contributed by atoms with van der Waals surface area (Å²) in [5.74, 6) is 0. The van der Waals surface area contributed by atoms with E-state index in [1.54, 1.807) is 0 Å². The zero-order valence-corrected chi connectivity index (χ0v) is 6.64. The van der Waals surface area contributed by atoms with Crippen LogP contribution in [0.2, 0.25) is 0 Å². The molecular weight excluding hydrogens is 124 g/mol. The van der Waals surface area contributed by atoms with Crippen molar-refractivity contribution in [3.05, 3.63) is 0 Å². The predicted molar refractivity (Wildman–Crippen MR) is 42.3 cm³/mol. The van der Waals surface area contributed by atoms with Gasteiger partial charge in [-0.15, -0.1) is 0 Å². The molecule has 0 aliphatic heterocycles. The van der Waals surface area contributed by atoms with Crippen molar-refractivity contribution >= 4 is 0 Å². The summed E-state index contributed by atoms with van der Waals surface area (Å²) in [5.41, 5.74) is 5.67. The molecule has 0 aromatic carbocycles. The molecule has 0 aromatic rings. The number of nitriles is 1. The second-order valence-corrected chi connectivity index (χ2v) is 2.57. The summed E-state index contributed by atoms with van der Waals surface area (Å²) in [4.78, 5) is 0. The number of hydrogen-bond donors (Lipinski definition) is 1. The van der Waals surface area contributed by atoms with Crippen molar-refractivity contribution in [1.82, 2.24) is 0 Å². The minimum absolute atomic E-state index is 0.346. The van der Waals surface area contributed by atoms with Gasteiger partial charge in [0.2, 0.25) is 0 Å². The molecule has 0 saturated carbocycles. The Balaban J connectivity index is 2.98. The molecule has 0 saturated heterocycles. The molecule has 0 aliphatic carbocycles. The van der Waals surface area contributed by atoms with E-state index in [9.17, 15) is 0 Å². The standard InChI is InChI=1S/C8H16N2/c1-2-8(10)6-4-3-5-7-9/h8H,2-6,10H2,1H3. The van der Waals surface area contributed by atoms with Crippen LogP contribution in [0.1, 0.15) is 39.0 Å². The molecule has 0 aromatic heterocycles. The van der Waals surface area contributed by atoms with Crippen LogP contribution in [-0.2, 0) is 0 Å². The Kier molecular flexibility index (Phi) is 6.21. The minimum Gasteiger partial charge on any atom is -0.328 e. The molecule has 0 bridgehead atoms. The van der Waals surface area contributed by atoms with Gasteiger partial charge in [-0.25, -0.2) is 0 Å². The van der Waals surface area contributed by atoms with Crippen LogP contribution in [0.4, 0.5) is 0 Å². The molecule has 58 valence electrons. The third-order valence-electron chi connectivity index (χ3n) is 1.64. The molecule has 0 spiro atoms. The number of nitrogens with zero attached hydrogens (tertiary/aromatic N) is 1. The summed E-state index contributed by atoms with van der Waals surface area (Å²) in [6.45, 7) is 2.09. The van der Waals surface area contributed by atoms with Gasteiger partial charge in [0.15, 0.2) is 0 Å². The largest absolute Gasteiger partial charge is 0.328 e. The van der Waals surface area contributed by atoms with Gasteiger partial charge < -0.3 is 5.73 Å². The molecule has 0 amide bonds. The molecule has 0 heterocycles.